The van der Waals surface area contributed by atoms with Crippen molar-refractivity contribution in [1.29, 1.82) is 0 Å². The summed E-state index contributed by atoms with van der Waals surface area (Å²) in [5, 5.41) is 0. The maximum absolute atomic E-state index is 11.2. The van der Waals surface area contributed by atoms with Crippen molar-refractivity contribution >= 4 is 21.9 Å². The minimum Gasteiger partial charge on any atom is -0.489 e. The molecular formula is C12H13BrO3. The van der Waals surface area contributed by atoms with Gasteiger partial charge in [0.25, 0.3) is 0 Å². The third kappa shape index (κ3) is 4.06. The molecule has 0 aliphatic rings. The fourth-order valence-corrected chi connectivity index (χ4v) is 1.40. The Labute approximate surface area is 103 Å². The number of hydrogen-bond donors (Lipinski definition) is 0. The van der Waals surface area contributed by atoms with E-state index in [0.717, 1.165) is 4.47 Å². The lowest BCUT2D eigenvalue weighted by Gasteiger charge is -2.08. The molecule has 0 unspecified atom stereocenters. The molecular weight excluding hydrogens is 272 g/mol. The molecule has 86 valence electrons. The Morgan fingerprint density at radius 3 is 2.88 bits per heavy atom. The molecule has 0 amide bonds. The lowest BCUT2D eigenvalue weighted by molar-refractivity contribution is -0.138. The van der Waals surface area contributed by atoms with Crippen LogP contribution in [0.15, 0.2) is 40.9 Å². The van der Waals surface area contributed by atoms with Gasteiger partial charge in [-0.2, -0.15) is 0 Å². The number of esters is 1. The predicted molar refractivity (Wildman–Crippen MR) is 65.4 cm³/mol. The lowest BCUT2D eigenvalue weighted by Crippen LogP contribution is -2.13. The van der Waals surface area contributed by atoms with Crippen LogP contribution in [0.5, 0.6) is 5.75 Å². The van der Waals surface area contributed by atoms with E-state index in [2.05, 4.69) is 22.5 Å². The number of hydrogen-bond acceptors (Lipinski definition) is 3. The van der Waals surface area contributed by atoms with Crippen LogP contribution >= 0.6 is 15.9 Å². The first-order valence-electron chi connectivity index (χ1n) is 4.86. The molecule has 0 aliphatic heterocycles. The van der Waals surface area contributed by atoms with Crippen LogP contribution in [-0.2, 0) is 9.53 Å². The number of rotatable bonds is 5. The van der Waals surface area contributed by atoms with Gasteiger partial charge in [-0.05, 0) is 25.1 Å². The van der Waals surface area contributed by atoms with Crippen LogP contribution in [0.2, 0.25) is 0 Å². The average molecular weight is 285 g/mol. The van der Waals surface area contributed by atoms with E-state index in [4.69, 9.17) is 9.47 Å². The number of halogens is 1. The summed E-state index contributed by atoms with van der Waals surface area (Å²) >= 11 is 3.33. The third-order valence-corrected chi connectivity index (χ3v) is 2.27. The molecule has 0 fully saturated rings. The van der Waals surface area contributed by atoms with Gasteiger partial charge in [0.15, 0.2) is 0 Å². The Morgan fingerprint density at radius 1 is 1.50 bits per heavy atom. The zero-order valence-corrected chi connectivity index (χ0v) is 10.6. The van der Waals surface area contributed by atoms with Crippen LogP contribution in [0, 0.1) is 0 Å². The van der Waals surface area contributed by atoms with E-state index in [9.17, 15) is 4.79 Å². The molecule has 0 heterocycles. The number of benzene rings is 1. The highest BCUT2D eigenvalue weighted by Gasteiger charge is 2.08. The van der Waals surface area contributed by atoms with Crippen molar-refractivity contribution in [3.63, 3.8) is 0 Å². The number of ether oxygens (including phenoxy) is 2. The summed E-state index contributed by atoms with van der Waals surface area (Å²) in [4.78, 5) is 11.2. The van der Waals surface area contributed by atoms with E-state index in [1.807, 2.05) is 24.3 Å². The second-order valence-corrected chi connectivity index (χ2v) is 3.99. The lowest BCUT2D eigenvalue weighted by atomic mass is 10.3. The molecule has 0 saturated heterocycles. The minimum atomic E-state index is -0.419. The maximum Gasteiger partial charge on any atom is 0.336 e. The second kappa shape index (κ2) is 6.33. The van der Waals surface area contributed by atoms with E-state index in [-0.39, 0.29) is 6.61 Å². The molecule has 0 atom stereocenters. The van der Waals surface area contributed by atoms with Gasteiger partial charge >= 0.3 is 5.97 Å². The SMILES string of the molecule is C=C(COc1cccc(Br)c1)C(=O)OCC. The van der Waals surface area contributed by atoms with Gasteiger partial charge in [0.1, 0.15) is 12.4 Å². The molecule has 0 radical (unpaired) electrons. The van der Waals surface area contributed by atoms with E-state index in [0.29, 0.717) is 17.9 Å². The average Bonchev–Trinajstić information content (AvgIpc) is 2.26. The van der Waals surface area contributed by atoms with Crippen molar-refractivity contribution in [3.8, 4) is 5.75 Å². The van der Waals surface area contributed by atoms with Gasteiger partial charge < -0.3 is 9.47 Å². The van der Waals surface area contributed by atoms with Gasteiger partial charge in [-0.3, -0.25) is 0 Å². The van der Waals surface area contributed by atoms with Gasteiger partial charge in [0.2, 0.25) is 0 Å². The summed E-state index contributed by atoms with van der Waals surface area (Å²) in [5.74, 6) is 0.261. The number of carbonyl (C=O) groups is 1. The normalized spacial score (nSPS) is 9.62. The summed E-state index contributed by atoms with van der Waals surface area (Å²) in [6.07, 6.45) is 0. The fourth-order valence-electron chi connectivity index (χ4n) is 1.02. The third-order valence-electron chi connectivity index (χ3n) is 1.77. The molecule has 16 heavy (non-hydrogen) atoms. The van der Waals surface area contributed by atoms with Crippen LogP contribution in [0.3, 0.4) is 0 Å². The summed E-state index contributed by atoms with van der Waals surface area (Å²) in [7, 11) is 0. The topological polar surface area (TPSA) is 35.5 Å². The first-order chi connectivity index (χ1) is 7.63. The van der Waals surface area contributed by atoms with Gasteiger partial charge in [0, 0.05) is 4.47 Å². The van der Waals surface area contributed by atoms with Crippen LogP contribution in [0.1, 0.15) is 6.92 Å². The zero-order chi connectivity index (χ0) is 12.0. The molecule has 1 rings (SSSR count). The maximum atomic E-state index is 11.2. The molecule has 1 aromatic carbocycles. The van der Waals surface area contributed by atoms with Crippen molar-refractivity contribution < 1.29 is 14.3 Å². The van der Waals surface area contributed by atoms with Gasteiger partial charge in [-0.25, -0.2) is 4.79 Å². The minimum absolute atomic E-state index is 0.134. The van der Waals surface area contributed by atoms with E-state index in [1.165, 1.54) is 0 Å². The second-order valence-electron chi connectivity index (χ2n) is 3.07. The van der Waals surface area contributed by atoms with Crippen molar-refractivity contribution in [2.75, 3.05) is 13.2 Å². The first-order valence-corrected chi connectivity index (χ1v) is 5.66. The Hall–Kier alpha value is -1.29. The predicted octanol–water partition coefficient (Wildman–Crippen LogP) is 2.95. The van der Waals surface area contributed by atoms with Crippen LogP contribution in [0.25, 0.3) is 0 Å². The standard InChI is InChI=1S/C12H13BrO3/c1-3-15-12(14)9(2)8-16-11-6-4-5-10(13)7-11/h4-7H,2-3,8H2,1H3. The first kappa shape index (κ1) is 12.8. The molecule has 0 N–H and O–H groups in total. The Morgan fingerprint density at radius 2 is 2.25 bits per heavy atom. The molecule has 0 spiro atoms. The quantitative estimate of drug-likeness (QED) is 0.616. The van der Waals surface area contributed by atoms with Crippen LogP contribution in [0.4, 0.5) is 0 Å². The zero-order valence-electron chi connectivity index (χ0n) is 9.03. The Bertz CT molecular complexity index is 388. The van der Waals surface area contributed by atoms with E-state index < -0.39 is 5.97 Å². The van der Waals surface area contributed by atoms with Gasteiger partial charge in [-0.15, -0.1) is 0 Å². The molecule has 1 aromatic rings. The molecule has 3 nitrogen and oxygen atoms in total. The van der Waals surface area contributed by atoms with Gasteiger partial charge in [-0.1, -0.05) is 28.6 Å². The van der Waals surface area contributed by atoms with Crippen molar-refractivity contribution in [2.24, 2.45) is 0 Å². The molecule has 4 heteroatoms. The highest BCUT2D eigenvalue weighted by molar-refractivity contribution is 9.10. The Balaban J connectivity index is 2.46. The highest BCUT2D eigenvalue weighted by Crippen LogP contribution is 2.18. The summed E-state index contributed by atoms with van der Waals surface area (Å²) in [6, 6.07) is 7.38. The summed E-state index contributed by atoms with van der Waals surface area (Å²) in [6.45, 7) is 5.83. The molecule has 0 saturated carbocycles. The van der Waals surface area contributed by atoms with Crippen molar-refractivity contribution in [2.45, 2.75) is 6.92 Å². The van der Waals surface area contributed by atoms with Crippen LogP contribution < -0.4 is 4.74 Å². The fraction of sp³-hybridized carbons (Fsp3) is 0.250. The largest absolute Gasteiger partial charge is 0.489 e. The van der Waals surface area contributed by atoms with Crippen molar-refractivity contribution in [3.05, 3.63) is 40.9 Å². The summed E-state index contributed by atoms with van der Waals surface area (Å²) < 4.78 is 11.1. The van der Waals surface area contributed by atoms with Crippen LogP contribution in [-0.4, -0.2) is 19.2 Å². The van der Waals surface area contributed by atoms with Gasteiger partial charge in [0.05, 0.1) is 12.2 Å². The highest BCUT2D eigenvalue weighted by atomic mass is 79.9. The summed E-state index contributed by atoms with van der Waals surface area (Å²) in [5.41, 5.74) is 0.307. The number of carbonyl (C=O) groups excluding carboxylic acids is 1. The molecule has 0 aromatic heterocycles. The Kier molecular flexibility index (Phi) is 5.05. The molecule has 0 bridgehead atoms. The van der Waals surface area contributed by atoms with E-state index >= 15 is 0 Å². The monoisotopic (exact) mass is 284 g/mol. The molecule has 0 aliphatic carbocycles. The smallest absolute Gasteiger partial charge is 0.336 e. The van der Waals surface area contributed by atoms with Crippen molar-refractivity contribution in [1.82, 2.24) is 0 Å². The van der Waals surface area contributed by atoms with E-state index in [1.54, 1.807) is 6.92 Å².